The molecule has 0 spiro atoms. The fourth-order valence-corrected chi connectivity index (χ4v) is 3.99. The van der Waals surface area contributed by atoms with Crippen LogP contribution in [0.2, 0.25) is 0 Å². The van der Waals surface area contributed by atoms with Crippen molar-refractivity contribution in [3.05, 3.63) is 36.8 Å². The minimum atomic E-state index is 0.148. The van der Waals surface area contributed by atoms with E-state index >= 15 is 0 Å². The molecule has 0 radical (unpaired) electrons. The van der Waals surface area contributed by atoms with E-state index in [1.165, 1.54) is 19.3 Å². The molecule has 0 amide bonds. The second-order valence-electron chi connectivity index (χ2n) is 7.56. The zero-order chi connectivity index (χ0) is 18.9. The molecule has 1 saturated heterocycles. The summed E-state index contributed by atoms with van der Waals surface area (Å²) in [5.41, 5.74) is 2.98. The maximum atomic E-state index is 10.4. The van der Waals surface area contributed by atoms with Crippen LogP contribution >= 0.6 is 0 Å². The number of aromatic amines is 1. The van der Waals surface area contributed by atoms with Crippen molar-refractivity contribution in [2.75, 3.05) is 24.5 Å². The maximum absolute atomic E-state index is 10.4. The summed E-state index contributed by atoms with van der Waals surface area (Å²) in [4.78, 5) is 6.73. The molecule has 1 saturated carbocycles. The number of hydrogen-bond donors (Lipinski definition) is 3. The van der Waals surface area contributed by atoms with Crippen molar-refractivity contribution in [3.63, 3.8) is 0 Å². The summed E-state index contributed by atoms with van der Waals surface area (Å²) in [6.07, 6.45) is 9.17. The highest BCUT2D eigenvalue weighted by Crippen LogP contribution is 2.33. The van der Waals surface area contributed by atoms with Crippen LogP contribution in [0.25, 0.3) is 22.4 Å². The molecule has 8 heteroatoms. The third-order valence-electron chi connectivity index (χ3n) is 5.86. The molecular weight excluding hydrogens is 354 g/mol. The van der Waals surface area contributed by atoms with E-state index in [2.05, 4.69) is 35.6 Å². The number of hydrogen-bond acceptors (Lipinski definition) is 7. The van der Waals surface area contributed by atoms with Crippen LogP contribution in [-0.2, 0) is 0 Å². The quantitative estimate of drug-likeness (QED) is 0.640. The summed E-state index contributed by atoms with van der Waals surface area (Å²) < 4.78 is 0. The van der Waals surface area contributed by atoms with Crippen LogP contribution in [0.3, 0.4) is 0 Å². The van der Waals surface area contributed by atoms with Gasteiger partial charge in [0.05, 0.1) is 12.4 Å². The van der Waals surface area contributed by atoms with Crippen molar-refractivity contribution in [1.82, 2.24) is 30.7 Å². The van der Waals surface area contributed by atoms with Crippen LogP contribution in [-0.4, -0.2) is 56.2 Å². The molecule has 1 atom stereocenters. The topological polar surface area (TPSA) is 103 Å². The number of phenols is 1. The normalized spacial score (nSPS) is 20.1. The maximum Gasteiger partial charge on any atom is 0.245 e. The first-order valence-corrected chi connectivity index (χ1v) is 9.78. The minimum absolute atomic E-state index is 0.148. The number of H-pyrrole nitrogens is 1. The van der Waals surface area contributed by atoms with Gasteiger partial charge in [0.25, 0.3) is 0 Å². The molecule has 5 rings (SSSR count). The molecule has 28 heavy (non-hydrogen) atoms. The second-order valence-corrected chi connectivity index (χ2v) is 7.56. The Morgan fingerprint density at radius 2 is 2.04 bits per heavy atom. The van der Waals surface area contributed by atoms with Crippen molar-refractivity contribution in [1.29, 1.82) is 0 Å². The van der Waals surface area contributed by atoms with E-state index in [0.717, 1.165) is 36.7 Å². The number of phenolic OH excluding ortho intramolecular Hbond substituents is 1. The number of rotatable bonds is 4. The third kappa shape index (κ3) is 3.20. The number of nitrogens with zero attached hydrogens (tertiary/aromatic N) is 5. The van der Waals surface area contributed by atoms with Crippen LogP contribution in [0, 0.1) is 5.92 Å². The zero-order valence-electron chi connectivity index (χ0n) is 15.5. The van der Waals surface area contributed by atoms with Crippen molar-refractivity contribution >= 4 is 5.95 Å². The molecule has 1 aliphatic carbocycles. The Balaban J connectivity index is 1.33. The lowest BCUT2D eigenvalue weighted by Crippen LogP contribution is -2.55. The average molecular weight is 377 g/mol. The fourth-order valence-electron chi connectivity index (χ4n) is 3.99. The van der Waals surface area contributed by atoms with Crippen LogP contribution in [0.4, 0.5) is 5.95 Å². The molecular formula is C20H23N7O. The van der Waals surface area contributed by atoms with Crippen molar-refractivity contribution < 1.29 is 5.11 Å². The first-order chi connectivity index (χ1) is 13.8. The van der Waals surface area contributed by atoms with Gasteiger partial charge >= 0.3 is 0 Å². The van der Waals surface area contributed by atoms with Gasteiger partial charge in [-0.2, -0.15) is 5.10 Å². The van der Waals surface area contributed by atoms with Gasteiger partial charge in [-0.15, -0.1) is 10.2 Å². The highest BCUT2D eigenvalue weighted by molar-refractivity contribution is 5.73. The predicted molar refractivity (Wildman–Crippen MR) is 106 cm³/mol. The van der Waals surface area contributed by atoms with E-state index < -0.39 is 0 Å². The predicted octanol–water partition coefficient (Wildman–Crippen LogP) is 2.21. The summed E-state index contributed by atoms with van der Waals surface area (Å²) in [5, 5.41) is 29.5. The Kier molecular flexibility index (Phi) is 4.40. The van der Waals surface area contributed by atoms with E-state index in [4.69, 9.17) is 0 Å². The number of aromatic nitrogens is 5. The number of nitrogens with one attached hydrogen (secondary N) is 2. The molecule has 1 aromatic carbocycles. The van der Waals surface area contributed by atoms with Crippen LogP contribution in [0.15, 0.2) is 36.8 Å². The smallest absolute Gasteiger partial charge is 0.245 e. The van der Waals surface area contributed by atoms with E-state index in [-0.39, 0.29) is 5.75 Å². The second kappa shape index (κ2) is 7.20. The van der Waals surface area contributed by atoms with Gasteiger partial charge in [0.1, 0.15) is 11.4 Å². The first-order valence-electron chi connectivity index (χ1n) is 9.78. The molecule has 1 aliphatic heterocycles. The number of anilines is 1. The largest absolute Gasteiger partial charge is 0.507 e. The van der Waals surface area contributed by atoms with Gasteiger partial charge in [-0.3, -0.25) is 5.10 Å². The van der Waals surface area contributed by atoms with Gasteiger partial charge in [-0.25, -0.2) is 4.98 Å². The van der Waals surface area contributed by atoms with Crippen LogP contribution in [0.1, 0.15) is 19.3 Å². The Morgan fingerprint density at radius 1 is 1.11 bits per heavy atom. The lowest BCUT2D eigenvalue weighted by molar-refractivity contribution is 0.219. The summed E-state index contributed by atoms with van der Waals surface area (Å²) in [6.45, 7) is 2.76. The highest BCUT2D eigenvalue weighted by Gasteiger charge is 2.31. The molecule has 0 bridgehead atoms. The lowest BCUT2D eigenvalue weighted by atomic mass is 9.79. The summed E-state index contributed by atoms with van der Waals surface area (Å²) in [6, 6.07) is 5.98. The summed E-state index contributed by atoms with van der Waals surface area (Å²) in [5.74, 6) is 1.58. The molecule has 3 aromatic rings. The summed E-state index contributed by atoms with van der Waals surface area (Å²) >= 11 is 0. The first kappa shape index (κ1) is 17.1. The van der Waals surface area contributed by atoms with Gasteiger partial charge in [0.2, 0.25) is 5.95 Å². The third-order valence-corrected chi connectivity index (χ3v) is 5.86. The van der Waals surface area contributed by atoms with E-state index in [1.807, 2.05) is 12.1 Å². The van der Waals surface area contributed by atoms with Gasteiger partial charge in [-0.05, 0) is 36.5 Å². The lowest BCUT2D eigenvalue weighted by Gasteiger charge is -2.41. The Labute approximate surface area is 163 Å². The van der Waals surface area contributed by atoms with Gasteiger partial charge in [0.15, 0.2) is 0 Å². The molecule has 8 nitrogen and oxygen atoms in total. The molecule has 2 aliphatic rings. The molecule has 3 N–H and O–H groups in total. The molecule has 2 fully saturated rings. The number of benzene rings is 1. The van der Waals surface area contributed by atoms with Gasteiger partial charge in [-0.1, -0.05) is 12.5 Å². The molecule has 2 aromatic heterocycles. The molecule has 144 valence electrons. The van der Waals surface area contributed by atoms with Gasteiger partial charge in [0, 0.05) is 43.0 Å². The Bertz CT molecular complexity index is 938. The van der Waals surface area contributed by atoms with Crippen LogP contribution in [0.5, 0.6) is 5.75 Å². The fraction of sp³-hybridized carbons (Fsp3) is 0.400. The van der Waals surface area contributed by atoms with Gasteiger partial charge < -0.3 is 15.3 Å². The monoisotopic (exact) mass is 377 g/mol. The van der Waals surface area contributed by atoms with E-state index in [1.54, 1.807) is 24.7 Å². The summed E-state index contributed by atoms with van der Waals surface area (Å²) in [7, 11) is 0. The van der Waals surface area contributed by atoms with Crippen molar-refractivity contribution in [3.8, 4) is 28.1 Å². The molecule has 1 unspecified atom stereocenters. The molecule has 3 heterocycles. The standard InChI is InChI=1S/C20H23N7O/c28-19-8-14(15-9-23-24-10-15)4-5-16(19)17-11-22-20(26-25-17)27-7-6-21-18(12-27)13-2-1-3-13/h4-5,8-11,13,18,21,28H,1-3,6-7,12H2,(H,23,24). The number of aromatic hydroxyl groups is 1. The van der Waals surface area contributed by atoms with E-state index in [0.29, 0.717) is 23.2 Å². The minimum Gasteiger partial charge on any atom is -0.507 e. The van der Waals surface area contributed by atoms with Crippen molar-refractivity contribution in [2.24, 2.45) is 5.92 Å². The Morgan fingerprint density at radius 3 is 2.71 bits per heavy atom. The average Bonchev–Trinajstić information content (AvgIpc) is 3.22. The van der Waals surface area contributed by atoms with E-state index in [9.17, 15) is 5.11 Å². The van der Waals surface area contributed by atoms with Crippen molar-refractivity contribution in [2.45, 2.75) is 25.3 Å². The van der Waals surface area contributed by atoms with Crippen LogP contribution < -0.4 is 10.2 Å². The number of piperazine rings is 1. The highest BCUT2D eigenvalue weighted by atomic mass is 16.3. The SMILES string of the molecule is Oc1cc(-c2cn[nH]c2)ccc1-c1cnc(N2CCNC(C3CCC3)C2)nn1. The Hall–Kier alpha value is -3.00. The zero-order valence-corrected chi connectivity index (χ0v) is 15.5.